The fourth-order valence-electron chi connectivity index (χ4n) is 3.90. The molecule has 6 nitrogen and oxygen atoms in total. The Morgan fingerprint density at radius 2 is 1.77 bits per heavy atom. The fourth-order valence-corrected chi connectivity index (χ4v) is 5.22. The number of nitrogens with zero attached hydrogens (tertiary/aromatic N) is 1. The lowest BCUT2D eigenvalue weighted by Gasteiger charge is -2.30. The second kappa shape index (κ2) is 8.79. The van der Waals surface area contributed by atoms with Crippen LogP contribution in [0.25, 0.3) is 10.9 Å². The Bertz CT molecular complexity index is 1140. The van der Waals surface area contributed by atoms with Gasteiger partial charge in [0.25, 0.3) is 0 Å². The third kappa shape index (κ3) is 4.53. The molecule has 1 amide bonds. The number of carbonyl (C=O) groups excluding carboxylic acids is 1. The molecule has 0 radical (unpaired) electrons. The van der Waals surface area contributed by atoms with Gasteiger partial charge in [0.15, 0.2) is 0 Å². The van der Waals surface area contributed by atoms with Gasteiger partial charge in [0.05, 0.1) is 4.90 Å². The summed E-state index contributed by atoms with van der Waals surface area (Å²) in [5.41, 5.74) is 1.86. The molecule has 2 heterocycles. The summed E-state index contributed by atoms with van der Waals surface area (Å²) >= 11 is 5.89. The van der Waals surface area contributed by atoms with Gasteiger partial charge in [0, 0.05) is 35.2 Å². The van der Waals surface area contributed by atoms with Crippen molar-refractivity contribution in [3.63, 3.8) is 0 Å². The predicted octanol–water partition coefficient (Wildman–Crippen LogP) is 3.72. The number of likely N-dealkylation sites (tertiary alicyclic amines) is 1. The maximum Gasteiger partial charge on any atom is 0.241 e. The number of nitrogens with one attached hydrogen (secondary N) is 2. The third-order valence-electron chi connectivity index (χ3n) is 5.49. The molecule has 1 atom stereocenters. The largest absolute Gasteiger partial charge is 0.361 e. The minimum absolute atomic E-state index is 0.0854. The van der Waals surface area contributed by atoms with Crippen LogP contribution in [0, 0.1) is 0 Å². The number of fused-ring (bicyclic) bond motifs is 1. The van der Waals surface area contributed by atoms with Gasteiger partial charge in [-0.05, 0) is 61.6 Å². The number of para-hydroxylation sites is 1. The Balaban J connectivity index is 1.64. The van der Waals surface area contributed by atoms with E-state index < -0.39 is 16.1 Å². The molecular weight excluding hydrogens is 422 g/mol. The zero-order valence-electron chi connectivity index (χ0n) is 16.5. The van der Waals surface area contributed by atoms with Crippen LogP contribution in [0.3, 0.4) is 0 Å². The molecule has 0 unspecified atom stereocenters. The van der Waals surface area contributed by atoms with Gasteiger partial charge in [-0.15, -0.1) is 0 Å². The molecule has 2 aromatic carbocycles. The maximum atomic E-state index is 13.3. The highest BCUT2D eigenvalue weighted by Crippen LogP contribution is 2.22. The summed E-state index contributed by atoms with van der Waals surface area (Å²) in [4.78, 5) is 18.3. The fraction of sp³-hybridized carbons (Fsp3) is 0.318. The van der Waals surface area contributed by atoms with Crippen molar-refractivity contribution in [3.8, 4) is 0 Å². The van der Waals surface area contributed by atoms with Gasteiger partial charge < -0.3 is 9.88 Å². The average Bonchev–Trinajstić information content (AvgIpc) is 3.16. The number of benzene rings is 2. The highest BCUT2D eigenvalue weighted by molar-refractivity contribution is 7.89. The molecule has 0 aliphatic carbocycles. The number of hydrogen-bond acceptors (Lipinski definition) is 3. The molecule has 1 saturated heterocycles. The first-order valence-corrected chi connectivity index (χ1v) is 11.9. The first-order valence-electron chi connectivity index (χ1n) is 10.1. The number of hydrogen-bond donors (Lipinski definition) is 2. The summed E-state index contributed by atoms with van der Waals surface area (Å²) in [7, 11) is -3.88. The molecule has 1 fully saturated rings. The van der Waals surface area contributed by atoms with Crippen LogP contribution in [-0.4, -0.2) is 43.3 Å². The Hall–Kier alpha value is -2.35. The van der Waals surface area contributed by atoms with Crippen LogP contribution in [-0.2, 0) is 21.2 Å². The minimum Gasteiger partial charge on any atom is -0.361 e. The van der Waals surface area contributed by atoms with E-state index in [0.717, 1.165) is 35.7 Å². The molecule has 4 rings (SSSR count). The average molecular weight is 446 g/mol. The van der Waals surface area contributed by atoms with Gasteiger partial charge in [-0.1, -0.05) is 29.8 Å². The van der Waals surface area contributed by atoms with Gasteiger partial charge in [-0.3, -0.25) is 4.79 Å². The van der Waals surface area contributed by atoms with Crippen LogP contribution in [0.2, 0.25) is 5.02 Å². The molecule has 1 aliphatic rings. The molecule has 3 aromatic rings. The number of piperidine rings is 1. The highest BCUT2D eigenvalue weighted by Gasteiger charge is 2.30. The number of aromatic nitrogens is 1. The van der Waals surface area contributed by atoms with Crippen LogP contribution in [0.1, 0.15) is 24.8 Å². The van der Waals surface area contributed by atoms with Crippen LogP contribution in [0.5, 0.6) is 0 Å². The second-order valence-electron chi connectivity index (χ2n) is 7.58. The second-order valence-corrected chi connectivity index (χ2v) is 9.73. The summed E-state index contributed by atoms with van der Waals surface area (Å²) in [5.74, 6) is -0.183. The van der Waals surface area contributed by atoms with E-state index >= 15 is 0 Å². The summed E-state index contributed by atoms with van der Waals surface area (Å²) in [6.07, 6.45) is 5.09. The Kier molecular flexibility index (Phi) is 6.13. The van der Waals surface area contributed by atoms with Crippen LogP contribution in [0.4, 0.5) is 0 Å². The van der Waals surface area contributed by atoms with E-state index in [2.05, 4.69) is 9.71 Å². The highest BCUT2D eigenvalue weighted by atomic mass is 35.5. The zero-order valence-corrected chi connectivity index (χ0v) is 18.0. The quantitative estimate of drug-likeness (QED) is 0.606. The van der Waals surface area contributed by atoms with Gasteiger partial charge in [-0.25, -0.2) is 8.42 Å². The van der Waals surface area contributed by atoms with Crippen LogP contribution < -0.4 is 4.72 Å². The number of aromatic amines is 1. The van der Waals surface area contributed by atoms with Crippen molar-refractivity contribution in [3.05, 3.63) is 65.3 Å². The van der Waals surface area contributed by atoms with Gasteiger partial charge in [-0.2, -0.15) is 4.72 Å². The van der Waals surface area contributed by atoms with E-state index in [1.807, 2.05) is 30.5 Å². The number of carbonyl (C=O) groups is 1. The van der Waals surface area contributed by atoms with Crippen molar-refractivity contribution in [2.45, 2.75) is 36.6 Å². The van der Waals surface area contributed by atoms with E-state index in [4.69, 9.17) is 11.6 Å². The van der Waals surface area contributed by atoms with E-state index in [1.165, 1.54) is 24.3 Å². The smallest absolute Gasteiger partial charge is 0.241 e. The van der Waals surface area contributed by atoms with E-state index in [1.54, 1.807) is 4.90 Å². The summed E-state index contributed by atoms with van der Waals surface area (Å²) in [6, 6.07) is 12.8. The number of rotatable bonds is 6. The number of H-pyrrole nitrogens is 1. The molecule has 0 spiro atoms. The topological polar surface area (TPSA) is 82.3 Å². The monoisotopic (exact) mass is 445 g/mol. The standard InChI is InChI=1S/C22H24ClN3O3S/c23-17-8-10-18(11-9-17)30(28,29)25-21(22(27)26-12-4-1-5-13-26)14-16-15-24-20-7-3-2-6-19(16)20/h2-3,6-11,15,21,24-25H,1,4-5,12-14H2/t21-/m0/s1. The Morgan fingerprint density at radius 1 is 1.07 bits per heavy atom. The first-order chi connectivity index (χ1) is 14.4. The van der Waals surface area contributed by atoms with Crippen molar-refractivity contribution in [1.82, 2.24) is 14.6 Å². The Labute approximate surface area is 181 Å². The van der Waals surface area contributed by atoms with E-state index in [9.17, 15) is 13.2 Å². The number of sulfonamides is 1. The molecule has 8 heteroatoms. The molecule has 0 saturated carbocycles. The van der Waals surface area contributed by atoms with Crippen LogP contribution in [0.15, 0.2) is 59.6 Å². The SMILES string of the molecule is O=C([C@H](Cc1c[nH]c2ccccc12)NS(=O)(=O)c1ccc(Cl)cc1)N1CCCCC1. The maximum absolute atomic E-state index is 13.3. The van der Waals surface area contributed by atoms with Crippen molar-refractivity contribution < 1.29 is 13.2 Å². The molecular formula is C22H24ClN3O3S. The first kappa shape index (κ1) is 20.9. The summed E-state index contributed by atoms with van der Waals surface area (Å²) in [5, 5.41) is 1.44. The zero-order chi connectivity index (χ0) is 21.1. The lowest BCUT2D eigenvalue weighted by atomic mass is 10.0. The molecule has 2 N–H and O–H groups in total. The number of halogens is 1. The molecule has 0 bridgehead atoms. The number of amides is 1. The van der Waals surface area contributed by atoms with Crippen molar-refractivity contribution in [2.24, 2.45) is 0 Å². The molecule has 1 aromatic heterocycles. The van der Waals surface area contributed by atoms with Gasteiger partial charge >= 0.3 is 0 Å². The Morgan fingerprint density at radius 3 is 2.50 bits per heavy atom. The van der Waals surface area contributed by atoms with Crippen molar-refractivity contribution in [2.75, 3.05) is 13.1 Å². The minimum atomic E-state index is -3.88. The summed E-state index contributed by atoms with van der Waals surface area (Å²) < 4.78 is 28.7. The van der Waals surface area contributed by atoms with Crippen LogP contribution >= 0.6 is 11.6 Å². The van der Waals surface area contributed by atoms with E-state index in [0.29, 0.717) is 18.1 Å². The normalized spacial score (nSPS) is 16.0. The summed E-state index contributed by atoms with van der Waals surface area (Å²) in [6.45, 7) is 1.32. The lowest BCUT2D eigenvalue weighted by molar-refractivity contribution is -0.133. The van der Waals surface area contributed by atoms with Gasteiger partial charge in [0.1, 0.15) is 6.04 Å². The molecule has 1 aliphatic heterocycles. The predicted molar refractivity (Wildman–Crippen MR) is 118 cm³/mol. The van der Waals surface area contributed by atoms with Crippen molar-refractivity contribution >= 4 is 38.4 Å². The van der Waals surface area contributed by atoms with E-state index in [-0.39, 0.29) is 17.2 Å². The molecule has 158 valence electrons. The molecule has 30 heavy (non-hydrogen) atoms. The van der Waals surface area contributed by atoms with Gasteiger partial charge in [0.2, 0.25) is 15.9 Å². The lowest BCUT2D eigenvalue weighted by Crippen LogP contribution is -2.50. The van der Waals surface area contributed by atoms with Crippen molar-refractivity contribution in [1.29, 1.82) is 0 Å². The third-order valence-corrected chi connectivity index (χ3v) is 7.23.